The van der Waals surface area contributed by atoms with Crippen LogP contribution in [0.15, 0.2) is 5.16 Å². The summed E-state index contributed by atoms with van der Waals surface area (Å²) >= 11 is 1.42. The zero-order valence-corrected chi connectivity index (χ0v) is 13.8. The van der Waals surface area contributed by atoms with Crippen LogP contribution in [0.25, 0.3) is 5.78 Å². The van der Waals surface area contributed by atoms with Crippen LogP contribution >= 0.6 is 11.8 Å². The maximum absolute atomic E-state index is 12.1. The van der Waals surface area contributed by atoms with E-state index in [2.05, 4.69) is 15.1 Å². The molecule has 0 amide bonds. The van der Waals surface area contributed by atoms with E-state index in [-0.39, 0.29) is 6.42 Å². The second kappa shape index (κ2) is 6.15. The van der Waals surface area contributed by atoms with E-state index in [9.17, 15) is 9.59 Å². The third-order valence-electron chi connectivity index (χ3n) is 3.69. The highest BCUT2D eigenvalue weighted by molar-refractivity contribution is 7.98. The van der Waals surface area contributed by atoms with Crippen LogP contribution in [0.4, 0.5) is 0 Å². The van der Waals surface area contributed by atoms with Gasteiger partial charge in [0, 0.05) is 23.4 Å². The molecule has 0 unspecified atom stereocenters. The number of rotatable bonds is 4. The summed E-state index contributed by atoms with van der Waals surface area (Å²) in [4.78, 5) is 32.2. The van der Waals surface area contributed by atoms with Crippen molar-refractivity contribution < 1.29 is 19.1 Å². The van der Waals surface area contributed by atoms with Crippen molar-refractivity contribution in [3.8, 4) is 0 Å². The molecule has 122 valence electrons. The first-order valence-electron chi connectivity index (χ1n) is 7.12. The van der Waals surface area contributed by atoms with Crippen LogP contribution in [-0.2, 0) is 25.5 Å². The SMILES string of the molecule is CSc1nc2nc(C)c(CC(=O)O[C@@H]3CCOC3=O)c(C)n2n1. The summed E-state index contributed by atoms with van der Waals surface area (Å²) in [6, 6.07) is 0. The lowest BCUT2D eigenvalue weighted by Crippen LogP contribution is -2.24. The second-order valence-corrected chi connectivity index (χ2v) is 5.96. The zero-order valence-electron chi connectivity index (χ0n) is 13.0. The highest BCUT2D eigenvalue weighted by Gasteiger charge is 2.30. The van der Waals surface area contributed by atoms with Gasteiger partial charge in [0.25, 0.3) is 5.78 Å². The largest absolute Gasteiger partial charge is 0.463 e. The number of hydrogen-bond donors (Lipinski definition) is 0. The lowest BCUT2D eigenvalue weighted by atomic mass is 10.1. The fourth-order valence-corrected chi connectivity index (χ4v) is 2.80. The summed E-state index contributed by atoms with van der Waals surface area (Å²) in [7, 11) is 0. The molecule has 23 heavy (non-hydrogen) atoms. The lowest BCUT2D eigenvalue weighted by molar-refractivity contribution is -0.159. The van der Waals surface area contributed by atoms with Gasteiger partial charge in [-0.2, -0.15) is 4.98 Å². The van der Waals surface area contributed by atoms with Crippen LogP contribution in [-0.4, -0.2) is 50.5 Å². The number of carbonyl (C=O) groups is 2. The van der Waals surface area contributed by atoms with Crippen molar-refractivity contribution in [2.75, 3.05) is 12.9 Å². The van der Waals surface area contributed by atoms with Crippen LogP contribution in [0.3, 0.4) is 0 Å². The van der Waals surface area contributed by atoms with Gasteiger partial charge in [0.05, 0.1) is 13.0 Å². The van der Waals surface area contributed by atoms with E-state index in [1.54, 1.807) is 4.52 Å². The average molecular weight is 336 g/mol. The van der Waals surface area contributed by atoms with Gasteiger partial charge in [0.15, 0.2) is 0 Å². The number of cyclic esters (lactones) is 1. The maximum Gasteiger partial charge on any atom is 0.347 e. The van der Waals surface area contributed by atoms with E-state index in [4.69, 9.17) is 9.47 Å². The normalized spacial score (nSPS) is 17.5. The predicted molar refractivity (Wildman–Crippen MR) is 81.2 cm³/mol. The van der Waals surface area contributed by atoms with E-state index in [0.29, 0.717) is 29.7 Å². The molecule has 8 nitrogen and oxygen atoms in total. The van der Waals surface area contributed by atoms with Gasteiger partial charge in [0.2, 0.25) is 11.3 Å². The van der Waals surface area contributed by atoms with Crippen molar-refractivity contribution >= 4 is 29.5 Å². The van der Waals surface area contributed by atoms with Crippen molar-refractivity contribution in [1.82, 2.24) is 19.6 Å². The molecule has 1 saturated heterocycles. The Balaban J connectivity index is 1.84. The van der Waals surface area contributed by atoms with Crippen molar-refractivity contribution in [2.24, 2.45) is 0 Å². The minimum atomic E-state index is -0.797. The molecule has 3 heterocycles. The molecule has 0 N–H and O–H groups in total. The van der Waals surface area contributed by atoms with Crippen molar-refractivity contribution in [2.45, 2.75) is 37.9 Å². The molecule has 1 aliphatic rings. The van der Waals surface area contributed by atoms with E-state index in [1.165, 1.54) is 11.8 Å². The number of thioether (sulfide) groups is 1. The molecular weight excluding hydrogens is 320 g/mol. The Morgan fingerprint density at radius 2 is 2.22 bits per heavy atom. The van der Waals surface area contributed by atoms with Crippen LogP contribution in [0, 0.1) is 13.8 Å². The minimum absolute atomic E-state index is 0.0266. The van der Waals surface area contributed by atoms with Gasteiger partial charge in [-0.25, -0.2) is 14.3 Å². The summed E-state index contributed by atoms with van der Waals surface area (Å²) in [6.07, 6.45) is 1.52. The zero-order chi connectivity index (χ0) is 16.6. The smallest absolute Gasteiger partial charge is 0.347 e. The number of esters is 2. The Morgan fingerprint density at radius 3 is 2.87 bits per heavy atom. The second-order valence-electron chi connectivity index (χ2n) is 5.18. The van der Waals surface area contributed by atoms with Crippen molar-refractivity contribution in [3.63, 3.8) is 0 Å². The minimum Gasteiger partial charge on any atom is -0.463 e. The fourth-order valence-electron chi connectivity index (χ4n) is 2.46. The Kier molecular flexibility index (Phi) is 4.20. The Labute approximate surface area is 136 Å². The molecule has 0 aromatic carbocycles. The summed E-state index contributed by atoms with van der Waals surface area (Å²) in [5.41, 5.74) is 2.21. The van der Waals surface area contributed by atoms with Gasteiger partial charge >= 0.3 is 11.9 Å². The number of carbonyl (C=O) groups excluding carboxylic acids is 2. The standard InChI is InChI=1S/C14H16N4O4S/c1-7-9(6-11(19)22-10-4-5-21-12(10)20)8(2)18-13(15-7)16-14(17-18)23-3/h10H,4-6H2,1-3H3/t10-/m1/s1. The molecule has 2 aromatic rings. The Bertz CT molecular complexity index is 789. The molecule has 3 rings (SSSR count). The highest BCUT2D eigenvalue weighted by atomic mass is 32.2. The monoisotopic (exact) mass is 336 g/mol. The Morgan fingerprint density at radius 1 is 1.43 bits per heavy atom. The predicted octanol–water partition coefficient (Wildman–Crippen LogP) is 0.864. The van der Waals surface area contributed by atoms with Crippen molar-refractivity contribution in [3.05, 3.63) is 17.0 Å². The fraction of sp³-hybridized carbons (Fsp3) is 0.500. The number of fused-ring (bicyclic) bond motifs is 1. The molecular formula is C14H16N4O4S. The van der Waals surface area contributed by atoms with Gasteiger partial charge in [-0.3, -0.25) is 4.79 Å². The van der Waals surface area contributed by atoms with Gasteiger partial charge in [-0.15, -0.1) is 5.10 Å². The topological polar surface area (TPSA) is 95.7 Å². The third kappa shape index (κ3) is 3.00. The maximum atomic E-state index is 12.1. The Hall–Kier alpha value is -2.16. The molecule has 1 aliphatic heterocycles. The third-order valence-corrected chi connectivity index (χ3v) is 4.23. The number of nitrogens with zero attached hydrogens (tertiary/aromatic N) is 4. The molecule has 0 spiro atoms. The first kappa shape index (κ1) is 15.7. The van der Waals surface area contributed by atoms with Gasteiger partial charge < -0.3 is 9.47 Å². The lowest BCUT2D eigenvalue weighted by Gasteiger charge is -2.12. The molecule has 0 radical (unpaired) electrons. The first-order valence-corrected chi connectivity index (χ1v) is 8.35. The van der Waals surface area contributed by atoms with Gasteiger partial charge in [-0.05, 0) is 20.1 Å². The van der Waals surface area contributed by atoms with E-state index in [0.717, 1.165) is 11.3 Å². The van der Waals surface area contributed by atoms with Crippen LogP contribution in [0.5, 0.6) is 0 Å². The van der Waals surface area contributed by atoms with Crippen LogP contribution in [0.2, 0.25) is 0 Å². The van der Waals surface area contributed by atoms with E-state index in [1.807, 2.05) is 20.1 Å². The summed E-state index contributed by atoms with van der Waals surface area (Å²) < 4.78 is 11.6. The number of aromatic nitrogens is 4. The van der Waals surface area contributed by atoms with E-state index < -0.39 is 18.0 Å². The molecule has 0 saturated carbocycles. The molecule has 9 heteroatoms. The quantitative estimate of drug-likeness (QED) is 0.599. The highest BCUT2D eigenvalue weighted by Crippen LogP contribution is 2.18. The number of hydrogen-bond acceptors (Lipinski definition) is 8. The molecule has 1 fully saturated rings. The summed E-state index contributed by atoms with van der Waals surface area (Å²) in [5.74, 6) is -0.464. The summed E-state index contributed by atoms with van der Waals surface area (Å²) in [6.45, 7) is 3.96. The molecule has 0 bridgehead atoms. The summed E-state index contributed by atoms with van der Waals surface area (Å²) in [5, 5.41) is 4.95. The van der Waals surface area contributed by atoms with E-state index >= 15 is 0 Å². The average Bonchev–Trinajstić information content (AvgIpc) is 3.10. The molecule has 0 aliphatic carbocycles. The van der Waals surface area contributed by atoms with Crippen LogP contribution < -0.4 is 0 Å². The molecule has 1 atom stereocenters. The van der Waals surface area contributed by atoms with Crippen molar-refractivity contribution in [1.29, 1.82) is 0 Å². The number of ether oxygens (including phenoxy) is 2. The number of aryl methyl sites for hydroxylation is 2. The first-order chi connectivity index (χ1) is 11.0. The molecule has 2 aromatic heterocycles. The van der Waals surface area contributed by atoms with Gasteiger partial charge in [0.1, 0.15) is 0 Å². The van der Waals surface area contributed by atoms with Crippen LogP contribution in [0.1, 0.15) is 23.4 Å². The van der Waals surface area contributed by atoms with Gasteiger partial charge in [-0.1, -0.05) is 11.8 Å².